The van der Waals surface area contributed by atoms with Crippen LogP contribution in [0.4, 0.5) is 0 Å². The molecular formula is C21H22N2O. The molecule has 3 aromatic rings. The summed E-state index contributed by atoms with van der Waals surface area (Å²) in [5.74, 6) is 0.792. The van der Waals surface area contributed by atoms with Crippen molar-refractivity contribution in [3.8, 4) is 0 Å². The fraction of sp³-hybridized carbons (Fsp3) is 0.286. The van der Waals surface area contributed by atoms with Crippen molar-refractivity contribution in [3.05, 3.63) is 71.9 Å². The first kappa shape index (κ1) is 15.0. The summed E-state index contributed by atoms with van der Waals surface area (Å²) in [5, 5.41) is 1.33. The second-order valence-corrected chi connectivity index (χ2v) is 6.61. The third kappa shape index (κ3) is 2.94. The van der Waals surface area contributed by atoms with Gasteiger partial charge in [-0.05, 0) is 36.0 Å². The van der Waals surface area contributed by atoms with Crippen molar-refractivity contribution in [2.45, 2.75) is 25.2 Å². The molecule has 1 N–H and O–H groups in total. The molecule has 0 aliphatic carbocycles. The number of fused-ring (bicyclic) bond motifs is 1. The number of aromatic amines is 1. The van der Waals surface area contributed by atoms with Gasteiger partial charge in [0.15, 0.2) is 0 Å². The number of rotatable bonds is 3. The molecule has 1 aliphatic rings. The minimum atomic E-state index is 0.249. The molecule has 4 rings (SSSR count). The van der Waals surface area contributed by atoms with Crippen molar-refractivity contribution in [2.24, 2.45) is 0 Å². The zero-order chi connectivity index (χ0) is 16.4. The Morgan fingerprint density at radius 2 is 1.71 bits per heavy atom. The van der Waals surface area contributed by atoms with Gasteiger partial charge in [-0.2, -0.15) is 0 Å². The van der Waals surface area contributed by atoms with Crippen molar-refractivity contribution in [1.82, 2.24) is 9.88 Å². The van der Waals surface area contributed by atoms with Crippen LogP contribution in [0.15, 0.2) is 60.8 Å². The van der Waals surface area contributed by atoms with Crippen LogP contribution in [0.3, 0.4) is 0 Å². The highest BCUT2D eigenvalue weighted by Gasteiger charge is 2.25. The van der Waals surface area contributed by atoms with E-state index in [2.05, 4.69) is 35.4 Å². The molecule has 0 saturated carbocycles. The number of para-hydroxylation sites is 1. The first-order valence-electron chi connectivity index (χ1n) is 8.69. The Kier molecular flexibility index (Phi) is 4.08. The molecule has 1 aliphatic heterocycles. The van der Waals surface area contributed by atoms with Gasteiger partial charge in [0.1, 0.15) is 0 Å². The smallest absolute Gasteiger partial charge is 0.226 e. The highest BCUT2D eigenvalue weighted by molar-refractivity contribution is 5.83. The van der Waals surface area contributed by atoms with E-state index in [1.807, 2.05) is 35.2 Å². The first-order chi connectivity index (χ1) is 11.8. The van der Waals surface area contributed by atoms with Crippen molar-refractivity contribution < 1.29 is 4.79 Å². The molecule has 0 spiro atoms. The lowest BCUT2D eigenvalue weighted by Gasteiger charge is -2.32. The number of amides is 1. The van der Waals surface area contributed by atoms with Gasteiger partial charge < -0.3 is 9.88 Å². The summed E-state index contributed by atoms with van der Waals surface area (Å²) >= 11 is 0. The lowest BCUT2D eigenvalue weighted by atomic mass is 9.89. The van der Waals surface area contributed by atoms with Crippen molar-refractivity contribution in [3.63, 3.8) is 0 Å². The van der Waals surface area contributed by atoms with E-state index >= 15 is 0 Å². The van der Waals surface area contributed by atoms with Crippen LogP contribution < -0.4 is 0 Å². The average Bonchev–Trinajstić information content (AvgIpc) is 3.07. The Morgan fingerprint density at radius 1 is 1.00 bits per heavy atom. The standard InChI is InChI=1S/C21H22N2O/c24-21(14-16-6-2-1-3-7-16)23-12-10-17(11-13-23)19-15-22-20-9-5-4-8-18(19)20/h1-9,15,17,22H,10-14H2. The first-order valence-corrected chi connectivity index (χ1v) is 8.69. The van der Waals surface area contributed by atoms with Crippen LogP contribution in [0.25, 0.3) is 10.9 Å². The number of H-pyrrole nitrogens is 1. The van der Waals surface area contributed by atoms with E-state index in [1.54, 1.807) is 0 Å². The summed E-state index contributed by atoms with van der Waals surface area (Å²) in [4.78, 5) is 17.9. The Balaban J connectivity index is 1.41. The lowest BCUT2D eigenvalue weighted by Crippen LogP contribution is -2.38. The number of benzene rings is 2. The van der Waals surface area contributed by atoms with E-state index in [-0.39, 0.29) is 5.91 Å². The molecule has 0 radical (unpaired) electrons. The zero-order valence-electron chi connectivity index (χ0n) is 13.7. The van der Waals surface area contributed by atoms with E-state index in [0.717, 1.165) is 31.5 Å². The molecule has 2 heterocycles. The molecule has 1 saturated heterocycles. The monoisotopic (exact) mass is 318 g/mol. The molecule has 1 fully saturated rings. The van der Waals surface area contributed by atoms with Crippen molar-refractivity contribution in [1.29, 1.82) is 0 Å². The minimum Gasteiger partial charge on any atom is -0.361 e. The maximum absolute atomic E-state index is 12.5. The van der Waals surface area contributed by atoms with E-state index in [4.69, 9.17) is 0 Å². The second kappa shape index (κ2) is 6.52. The highest BCUT2D eigenvalue weighted by atomic mass is 16.2. The summed E-state index contributed by atoms with van der Waals surface area (Å²) in [7, 11) is 0. The molecule has 24 heavy (non-hydrogen) atoms. The highest BCUT2D eigenvalue weighted by Crippen LogP contribution is 2.33. The SMILES string of the molecule is O=C(Cc1ccccc1)N1CCC(c2c[nH]c3ccccc23)CC1. The van der Waals surface area contributed by atoms with Crippen LogP contribution >= 0.6 is 0 Å². The number of carbonyl (C=O) groups excluding carboxylic acids is 1. The van der Waals surface area contributed by atoms with Crippen LogP contribution in [0.1, 0.15) is 29.9 Å². The van der Waals surface area contributed by atoms with Gasteiger partial charge >= 0.3 is 0 Å². The Bertz CT molecular complexity index is 829. The molecule has 1 amide bonds. The van der Waals surface area contributed by atoms with Gasteiger partial charge in [0.25, 0.3) is 0 Å². The molecule has 0 bridgehead atoms. The topological polar surface area (TPSA) is 36.1 Å². The summed E-state index contributed by atoms with van der Waals surface area (Å²) < 4.78 is 0. The summed E-state index contributed by atoms with van der Waals surface area (Å²) in [6, 6.07) is 18.5. The molecule has 3 heteroatoms. The third-order valence-corrected chi connectivity index (χ3v) is 5.11. The normalized spacial score (nSPS) is 15.8. The number of carbonyl (C=O) groups is 1. The number of hydrogen-bond acceptors (Lipinski definition) is 1. The number of hydrogen-bond donors (Lipinski definition) is 1. The summed E-state index contributed by atoms with van der Waals surface area (Å²) in [5.41, 5.74) is 3.71. The van der Waals surface area contributed by atoms with Gasteiger partial charge in [-0.3, -0.25) is 4.79 Å². The fourth-order valence-corrected chi connectivity index (χ4v) is 3.75. The van der Waals surface area contributed by atoms with Crippen LogP contribution in [0.2, 0.25) is 0 Å². The van der Waals surface area contributed by atoms with Gasteiger partial charge in [-0.1, -0.05) is 48.5 Å². The van der Waals surface area contributed by atoms with Gasteiger partial charge in [0.05, 0.1) is 6.42 Å². The van der Waals surface area contributed by atoms with E-state index < -0.39 is 0 Å². The largest absolute Gasteiger partial charge is 0.361 e. The number of likely N-dealkylation sites (tertiary alicyclic amines) is 1. The van der Waals surface area contributed by atoms with Crippen LogP contribution in [-0.4, -0.2) is 28.9 Å². The molecule has 3 nitrogen and oxygen atoms in total. The molecular weight excluding hydrogens is 296 g/mol. The zero-order valence-corrected chi connectivity index (χ0v) is 13.7. The number of nitrogens with one attached hydrogen (secondary N) is 1. The maximum atomic E-state index is 12.5. The van der Waals surface area contributed by atoms with Gasteiger partial charge in [-0.15, -0.1) is 0 Å². The predicted molar refractivity (Wildman–Crippen MR) is 97.0 cm³/mol. The van der Waals surface area contributed by atoms with Crippen LogP contribution in [0.5, 0.6) is 0 Å². The molecule has 2 aromatic carbocycles. The van der Waals surface area contributed by atoms with E-state index in [9.17, 15) is 4.79 Å². The minimum absolute atomic E-state index is 0.249. The number of aromatic nitrogens is 1. The number of piperidine rings is 1. The molecule has 0 atom stereocenters. The fourth-order valence-electron chi connectivity index (χ4n) is 3.75. The van der Waals surface area contributed by atoms with Gasteiger partial charge in [0, 0.05) is 30.2 Å². The van der Waals surface area contributed by atoms with Crippen LogP contribution in [0, 0.1) is 0 Å². The third-order valence-electron chi connectivity index (χ3n) is 5.11. The molecule has 0 unspecified atom stereocenters. The average molecular weight is 318 g/mol. The molecule has 1 aromatic heterocycles. The predicted octanol–water partition coefficient (Wildman–Crippen LogP) is 4.12. The van der Waals surface area contributed by atoms with Gasteiger partial charge in [-0.25, -0.2) is 0 Å². The maximum Gasteiger partial charge on any atom is 0.226 e. The van der Waals surface area contributed by atoms with E-state index in [0.29, 0.717) is 12.3 Å². The van der Waals surface area contributed by atoms with E-state index in [1.165, 1.54) is 16.5 Å². The quantitative estimate of drug-likeness (QED) is 0.775. The van der Waals surface area contributed by atoms with Crippen LogP contribution in [-0.2, 0) is 11.2 Å². The Labute approximate surface area is 142 Å². The Hall–Kier alpha value is -2.55. The number of nitrogens with zero attached hydrogens (tertiary/aromatic N) is 1. The molecule has 122 valence electrons. The second-order valence-electron chi connectivity index (χ2n) is 6.61. The lowest BCUT2D eigenvalue weighted by molar-refractivity contribution is -0.131. The Morgan fingerprint density at radius 3 is 2.50 bits per heavy atom. The summed E-state index contributed by atoms with van der Waals surface area (Å²) in [6.07, 6.45) is 4.75. The van der Waals surface area contributed by atoms with Crippen molar-refractivity contribution >= 4 is 16.8 Å². The summed E-state index contributed by atoms with van der Waals surface area (Å²) in [6.45, 7) is 1.71. The van der Waals surface area contributed by atoms with Crippen molar-refractivity contribution in [2.75, 3.05) is 13.1 Å². The van der Waals surface area contributed by atoms with Gasteiger partial charge in [0.2, 0.25) is 5.91 Å².